The van der Waals surface area contributed by atoms with E-state index in [1.165, 1.54) is 6.92 Å². The summed E-state index contributed by atoms with van der Waals surface area (Å²) in [5.41, 5.74) is 0. The average molecular weight is 180 g/mol. The highest BCUT2D eigenvalue weighted by atomic mass is 16.5. The highest BCUT2D eigenvalue weighted by Crippen LogP contribution is 2.15. The van der Waals surface area contributed by atoms with E-state index in [4.69, 9.17) is 9.84 Å². The molecular weight excluding hydrogens is 168 g/mol. The van der Waals surface area contributed by atoms with Crippen LogP contribution in [0.15, 0.2) is 24.3 Å². The van der Waals surface area contributed by atoms with Gasteiger partial charge in [0.15, 0.2) is 0 Å². The predicted octanol–water partition coefficient (Wildman–Crippen LogP) is 1.75. The van der Waals surface area contributed by atoms with Crippen molar-refractivity contribution < 1.29 is 14.6 Å². The van der Waals surface area contributed by atoms with Crippen molar-refractivity contribution in [3.63, 3.8) is 0 Å². The number of ketones is 1. The van der Waals surface area contributed by atoms with E-state index >= 15 is 0 Å². The van der Waals surface area contributed by atoms with Crippen molar-refractivity contribution in [2.24, 2.45) is 0 Å². The molecule has 0 aliphatic carbocycles. The van der Waals surface area contributed by atoms with Crippen molar-refractivity contribution in [1.29, 1.82) is 0 Å². The monoisotopic (exact) mass is 180 g/mol. The van der Waals surface area contributed by atoms with E-state index in [1.807, 2.05) is 0 Å². The Morgan fingerprint density at radius 2 is 2.00 bits per heavy atom. The second-order valence-corrected chi connectivity index (χ2v) is 2.79. The summed E-state index contributed by atoms with van der Waals surface area (Å²) in [7, 11) is 0. The number of benzene rings is 1. The smallest absolute Gasteiger partial charge is 0.133 e. The van der Waals surface area contributed by atoms with Gasteiger partial charge in [-0.15, -0.1) is 0 Å². The Morgan fingerprint density at radius 1 is 1.38 bits per heavy atom. The second kappa shape index (κ2) is 4.50. The molecule has 3 heteroatoms. The molecule has 0 amide bonds. The highest BCUT2D eigenvalue weighted by Gasteiger charge is 1.95. The molecule has 3 nitrogen and oxygen atoms in total. The molecule has 1 rings (SSSR count). The molecule has 70 valence electrons. The number of phenols is 1. The van der Waals surface area contributed by atoms with Gasteiger partial charge in [0.05, 0.1) is 6.61 Å². The van der Waals surface area contributed by atoms with Crippen LogP contribution in [0, 0.1) is 0 Å². The van der Waals surface area contributed by atoms with Crippen LogP contribution < -0.4 is 4.74 Å². The van der Waals surface area contributed by atoms with Gasteiger partial charge in [0, 0.05) is 6.42 Å². The van der Waals surface area contributed by atoms with Gasteiger partial charge in [-0.05, 0) is 31.2 Å². The molecule has 0 saturated carbocycles. The van der Waals surface area contributed by atoms with Crippen LogP contribution in [0.4, 0.5) is 0 Å². The van der Waals surface area contributed by atoms with Crippen LogP contribution in [-0.4, -0.2) is 17.5 Å². The van der Waals surface area contributed by atoms with E-state index in [-0.39, 0.29) is 11.5 Å². The molecule has 0 saturated heterocycles. The van der Waals surface area contributed by atoms with Crippen LogP contribution >= 0.6 is 0 Å². The molecule has 0 spiro atoms. The van der Waals surface area contributed by atoms with E-state index in [2.05, 4.69) is 0 Å². The maximum absolute atomic E-state index is 10.6. The first kappa shape index (κ1) is 9.58. The lowest BCUT2D eigenvalue weighted by Crippen LogP contribution is -2.02. The third-order valence-electron chi connectivity index (χ3n) is 1.56. The molecule has 13 heavy (non-hydrogen) atoms. The molecule has 1 N–H and O–H groups in total. The summed E-state index contributed by atoms with van der Waals surface area (Å²) in [5, 5.41) is 8.96. The Hall–Kier alpha value is -1.51. The number of aromatic hydroxyl groups is 1. The number of carbonyl (C=O) groups is 1. The van der Waals surface area contributed by atoms with E-state index in [9.17, 15) is 4.79 Å². The largest absolute Gasteiger partial charge is 0.508 e. The molecule has 0 aliphatic heterocycles. The van der Waals surface area contributed by atoms with E-state index in [0.29, 0.717) is 18.8 Å². The van der Waals surface area contributed by atoms with Gasteiger partial charge in [-0.1, -0.05) is 0 Å². The molecule has 0 bridgehead atoms. The molecule has 0 fully saturated rings. The zero-order valence-corrected chi connectivity index (χ0v) is 7.49. The maximum Gasteiger partial charge on any atom is 0.133 e. The van der Waals surface area contributed by atoms with Gasteiger partial charge in [-0.3, -0.25) is 4.79 Å². The zero-order chi connectivity index (χ0) is 9.68. The summed E-state index contributed by atoms with van der Waals surface area (Å²) >= 11 is 0. The summed E-state index contributed by atoms with van der Waals surface area (Å²) in [6.07, 6.45) is 0.418. The number of rotatable bonds is 4. The van der Waals surface area contributed by atoms with E-state index in [1.54, 1.807) is 24.3 Å². The van der Waals surface area contributed by atoms with Crippen LogP contribution in [0.2, 0.25) is 0 Å². The zero-order valence-electron chi connectivity index (χ0n) is 7.49. The minimum Gasteiger partial charge on any atom is -0.508 e. The molecule has 0 aliphatic rings. The Morgan fingerprint density at radius 3 is 2.54 bits per heavy atom. The fraction of sp³-hybridized carbons (Fsp3) is 0.300. The van der Waals surface area contributed by atoms with Crippen molar-refractivity contribution >= 4 is 5.78 Å². The maximum atomic E-state index is 10.6. The van der Waals surface area contributed by atoms with Gasteiger partial charge in [0.25, 0.3) is 0 Å². The fourth-order valence-electron chi connectivity index (χ4n) is 0.855. The summed E-state index contributed by atoms with van der Waals surface area (Å²) in [5.74, 6) is 0.983. The van der Waals surface area contributed by atoms with Crippen LogP contribution in [0.1, 0.15) is 13.3 Å². The average Bonchev–Trinajstić information content (AvgIpc) is 2.08. The van der Waals surface area contributed by atoms with Gasteiger partial charge in [-0.2, -0.15) is 0 Å². The van der Waals surface area contributed by atoms with Crippen LogP contribution in [0.5, 0.6) is 11.5 Å². The van der Waals surface area contributed by atoms with Gasteiger partial charge in [-0.25, -0.2) is 0 Å². The Bertz CT molecular complexity index is 277. The first-order chi connectivity index (χ1) is 6.18. The molecule has 1 aromatic rings. The summed E-state index contributed by atoms with van der Waals surface area (Å²) in [4.78, 5) is 10.6. The third kappa shape index (κ3) is 3.60. The minimum absolute atomic E-state index is 0.110. The predicted molar refractivity (Wildman–Crippen MR) is 48.9 cm³/mol. The molecule has 0 aromatic heterocycles. The van der Waals surface area contributed by atoms with Gasteiger partial charge < -0.3 is 9.84 Å². The SMILES string of the molecule is CC(=O)CCOc1ccc(O)cc1. The number of ether oxygens (including phenoxy) is 1. The lowest BCUT2D eigenvalue weighted by molar-refractivity contribution is -0.117. The van der Waals surface area contributed by atoms with Gasteiger partial charge >= 0.3 is 0 Å². The van der Waals surface area contributed by atoms with E-state index in [0.717, 1.165) is 0 Å². The van der Waals surface area contributed by atoms with Crippen LogP contribution in [0.25, 0.3) is 0 Å². The molecule has 0 atom stereocenters. The Labute approximate surface area is 77.0 Å². The lowest BCUT2D eigenvalue weighted by Gasteiger charge is -2.03. The molecule has 0 radical (unpaired) electrons. The molecule has 1 aromatic carbocycles. The van der Waals surface area contributed by atoms with Crippen LogP contribution in [0.3, 0.4) is 0 Å². The first-order valence-corrected chi connectivity index (χ1v) is 4.10. The quantitative estimate of drug-likeness (QED) is 0.767. The fourth-order valence-corrected chi connectivity index (χ4v) is 0.855. The second-order valence-electron chi connectivity index (χ2n) is 2.79. The summed E-state index contributed by atoms with van der Waals surface area (Å²) < 4.78 is 5.24. The Balaban J connectivity index is 2.37. The van der Waals surface area contributed by atoms with E-state index < -0.39 is 0 Å². The van der Waals surface area contributed by atoms with Gasteiger partial charge in [0.2, 0.25) is 0 Å². The van der Waals surface area contributed by atoms with Crippen molar-refractivity contribution in [1.82, 2.24) is 0 Å². The lowest BCUT2D eigenvalue weighted by atomic mass is 10.3. The van der Waals surface area contributed by atoms with Crippen molar-refractivity contribution in [2.45, 2.75) is 13.3 Å². The summed E-state index contributed by atoms with van der Waals surface area (Å²) in [6, 6.07) is 6.41. The minimum atomic E-state index is 0.110. The van der Waals surface area contributed by atoms with Crippen molar-refractivity contribution in [3.8, 4) is 11.5 Å². The number of hydrogen-bond acceptors (Lipinski definition) is 3. The number of phenolic OH excluding ortho intramolecular Hbond substituents is 1. The number of carbonyl (C=O) groups excluding carboxylic acids is 1. The topological polar surface area (TPSA) is 46.5 Å². The number of hydrogen-bond donors (Lipinski definition) is 1. The summed E-state index contributed by atoms with van der Waals surface area (Å²) in [6.45, 7) is 1.92. The first-order valence-electron chi connectivity index (χ1n) is 4.10. The normalized spacial score (nSPS) is 9.62. The highest BCUT2D eigenvalue weighted by molar-refractivity contribution is 5.75. The van der Waals surface area contributed by atoms with Crippen molar-refractivity contribution in [2.75, 3.05) is 6.61 Å². The Kier molecular flexibility index (Phi) is 3.31. The molecule has 0 unspecified atom stereocenters. The molecular formula is C10H12O3. The van der Waals surface area contributed by atoms with Crippen LogP contribution in [-0.2, 0) is 4.79 Å². The van der Waals surface area contributed by atoms with Gasteiger partial charge in [0.1, 0.15) is 17.3 Å². The van der Waals surface area contributed by atoms with Crippen molar-refractivity contribution in [3.05, 3.63) is 24.3 Å². The number of Topliss-reactive ketones (excluding diaryl/α,β-unsaturated/α-hetero) is 1. The standard InChI is InChI=1S/C10H12O3/c1-8(11)6-7-13-10-4-2-9(12)3-5-10/h2-5,12H,6-7H2,1H3. The third-order valence-corrected chi connectivity index (χ3v) is 1.56. The molecule has 0 heterocycles.